The highest BCUT2D eigenvalue weighted by atomic mass is 16.5. The standard InChI is InChI=1S/C14H15NO2/c1-14(16,13-8-3-4-9-15-13)11-6-5-7-12(10-11)17-2/h3-10,16H,1-2H3. The summed E-state index contributed by atoms with van der Waals surface area (Å²) in [4.78, 5) is 4.19. The van der Waals surface area contributed by atoms with E-state index >= 15 is 0 Å². The van der Waals surface area contributed by atoms with Gasteiger partial charge in [0.15, 0.2) is 0 Å². The monoisotopic (exact) mass is 229 g/mol. The number of aromatic nitrogens is 1. The SMILES string of the molecule is COc1cccc(C(C)(O)c2ccccn2)c1. The number of rotatable bonds is 3. The molecule has 1 atom stereocenters. The normalized spacial score (nSPS) is 14.1. The van der Waals surface area contributed by atoms with Crippen molar-refractivity contribution in [2.75, 3.05) is 7.11 Å². The highest BCUT2D eigenvalue weighted by Gasteiger charge is 2.27. The lowest BCUT2D eigenvalue weighted by molar-refractivity contribution is 0.0971. The minimum Gasteiger partial charge on any atom is -0.497 e. The van der Waals surface area contributed by atoms with Crippen LogP contribution in [0.25, 0.3) is 0 Å². The van der Waals surface area contributed by atoms with Crippen LogP contribution in [0.5, 0.6) is 5.75 Å². The zero-order chi connectivity index (χ0) is 12.3. The van der Waals surface area contributed by atoms with Crippen LogP contribution in [0.2, 0.25) is 0 Å². The Bertz CT molecular complexity index is 495. The van der Waals surface area contributed by atoms with Gasteiger partial charge in [-0.2, -0.15) is 0 Å². The van der Waals surface area contributed by atoms with Crippen molar-refractivity contribution in [3.05, 3.63) is 59.9 Å². The minimum absolute atomic E-state index is 0.619. The second-order valence-electron chi connectivity index (χ2n) is 4.02. The van der Waals surface area contributed by atoms with Gasteiger partial charge in [-0.15, -0.1) is 0 Å². The summed E-state index contributed by atoms with van der Waals surface area (Å²) in [6, 6.07) is 12.9. The molecule has 0 spiro atoms. The van der Waals surface area contributed by atoms with Crippen LogP contribution in [0.3, 0.4) is 0 Å². The van der Waals surface area contributed by atoms with Crippen LogP contribution in [0, 0.1) is 0 Å². The number of aliphatic hydroxyl groups is 1. The quantitative estimate of drug-likeness (QED) is 0.878. The number of benzene rings is 1. The van der Waals surface area contributed by atoms with Crippen molar-refractivity contribution in [2.45, 2.75) is 12.5 Å². The van der Waals surface area contributed by atoms with E-state index in [4.69, 9.17) is 4.74 Å². The molecule has 0 radical (unpaired) electrons. The van der Waals surface area contributed by atoms with Gasteiger partial charge in [-0.05, 0) is 36.8 Å². The molecule has 0 bridgehead atoms. The van der Waals surface area contributed by atoms with Crippen LogP contribution in [-0.2, 0) is 5.60 Å². The zero-order valence-electron chi connectivity index (χ0n) is 9.92. The van der Waals surface area contributed by atoms with Gasteiger partial charge >= 0.3 is 0 Å². The predicted molar refractivity (Wildman–Crippen MR) is 65.9 cm³/mol. The summed E-state index contributed by atoms with van der Waals surface area (Å²) in [5, 5.41) is 10.6. The number of ether oxygens (including phenoxy) is 1. The Kier molecular flexibility index (Phi) is 3.11. The minimum atomic E-state index is -1.12. The molecule has 0 saturated heterocycles. The third-order valence-corrected chi connectivity index (χ3v) is 2.80. The molecule has 0 aliphatic heterocycles. The molecule has 88 valence electrons. The molecule has 2 aromatic rings. The molecule has 0 aliphatic carbocycles. The number of pyridine rings is 1. The van der Waals surface area contributed by atoms with Gasteiger partial charge in [0.25, 0.3) is 0 Å². The van der Waals surface area contributed by atoms with E-state index in [1.165, 1.54) is 0 Å². The average Bonchev–Trinajstić information content (AvgIpc) is 2.40. The van der Waals surface area contributed by atoms with Crippen LogP contribution >= 0.6 is 0 Å². The first-order valence-corrected chi connectivity index (χ1v) is 5.43. The Morgan fingerprint density at radius 1 is 1.18 bits per heavy atom. The molecule has 0 amide bonds. The van der Waals surface area contributed by atoms with E-state index in [-0.39, 0.29) is 0 Å². The Labute approximate surface area is 101 Å². The van der Waals surface area contributed by atoms with E-state index in [0.29, 0.717) is 5.69 Å². The molecule has 1 aromatic heterocycles. The summed E-state index contributed by atoms with van der Waals surface area (Å²) in [6.07, 6.45) is 1.67. The largest absolute Gasteiger partial charge is 0.497 e. The molecule has 1 N–H and O–H groups in total. The van der Waals surface area contributed by atoms with E-state index in [1.807, 2.05) is 36.4 Å². The fourth-order valence-corrected chi connectivity index (χ4v) is 1.72. The van der Waals surface area contributed by atoms with Crippen molar-refractivity contribution < 1.29 is 9.84 Å². The lowest BCUT2D eigenvalue weighted by Gasteiger charge is -2.23. The first kappa shape index (κ1) is 11.6. The predicted octanol–water partition coefficient (Wildman–Crippen LogP) is 2.35. The van der Waals surface area contributed by atoms with E-state index < -0.39 is 5.60 Å². The summed E-state index contributed by atoms with van der Waals surface area (Å²) in [5.41, 5.74) is 0.263. The molecule has 0 fully saturated rings. The second-order valence-corrected chi connectivity index (χ2v) is 4.02. The molecule has 3 heteroatoms. The molecule has 0 aliphatic rings. The molecule has 1 unspecified atom stereocenters. The topological polar surface area (TPSA) is 42.4 Å². The van der Waals surface area contributed by atoms with Crippen LogP contribution in [0.1, 0.15) is 18.2 Å². The second kappa shape index (κ2) is 4.55. The molecular weight excluding hydrogens is 214 g/mol. The molecule has 2 rings (SSSR count). The molecule has 0 saturated carbocycles. The number of hydrogen-bond donors (Lipinski definition) is 1. The van der Waals surface area contributed by atoms with Crippen molar-refractivity contribution in [3.8, 4) is 5.75 Å². The van der Waals surface area contributed by atoms with Crippen molar-refractivity contribution in [3.63, 3.8) is 0 Å². The molecular formula is C14H15NO2. The van der Waals surface area contributed by atoms with Crippen molar-refractivity contribution in [1.82, 2.24) is 4.98 Å². The fourth-order valence-electron chi connectivity index (χ4n) is 1.72. The Morgan fingerprint density at radius 2 is 2.00 bits per heavy atom. The van der Waals surface area contributed by atoms with Gasteiger partial charge in [0.05, 0.1) is 12.8 Å². The Morgan fingerprint density at radius 3 is 2.65 bits per heavy atom. The maximum Gasteiger partial charge on any atom is 0.129 e. The van der Waals surface area contributed by atoms with Crippen molar-refractivity contribution in [2.24, 2.45) is 0 Å². The molecule has 3 nitrogen and oxygen atoms in total. The maximum atomic E-state index is 10.6. The molecule has 1 aromatic carbocycles. The summed E-state index contributed by atoms with van der Waals surface area (Å²) < 4.78 is 5.15. The van der Waals surface area contributed by atoms with E-state index in [2.05, 4.69) is 4.98 Å². The Balaban J connectivity index is 2.44. The number of nitrogens with zero attached hydrogens (tertiary/aromatic N) is 1. The van der Waals surface area contributed by atoms with Crippen LogP contribution in [0.4, 0.5) is 0 Å². The van der Waals surface area contributed by atoms with E-state index in [0.717, 1.165) is 11.3 Å². The summed E-state index contributed by atoms with van der Waals surface area (Å²) in [5.74, 6) is 0.721. The highest BCUT2D eigenvalue weighted by Crippen LogP contribution is 2.29. The lowest BCUT2D eigenvalue weighted by Crippen LogP contribution is -2.24. The van der Waals surface area contributed by atoms with Crippen molar-refractivity contribution >= 4 is 0 Å². The summed E-state index contributed by atoms with van der Waals surface area (Å²) in [7, 11) is 1.61. The average molecular weight is 229 g/mol. The lowest BCUT2D eigenvalue weighted by atomic mass is 9.92. The van der Waals surface area contributed by atoms with Crippen LogP contribution in [0.15, 0.2) is 48.7 Å². The smallest absolute Gasteiger partial charge is 0.129 e. The highest BCUT2D eigenvalue weighted by molar-refractivity contribution is 5.36. The van der Waals surface area contributed by atoms with Crippen molar-refractivity contribution in [1.29, 1.82) is 0 Å². The van der Waals surface area contributed by atoms with Gasteiger partial charge in [-0.3, -0.25) is 4.98 Å². The van der Waals surface area contributed by atoms with E-state index in [1.54, 1.807) is 26.3 Å². The fraction of sp³-hybridized carbons (Fsp3) is 0.214. The molecule has 1 heterocycles. The summed E-state index contributed by atoms with van der Waals surface area (Å²) >= 11 is 0. The maximum absolute atomic E-state index is 10.6. The third kappa shape index (κ3) is 2.29. The van der Waals surface area contributed by atoms with Gasteiger partial charge in [0.2, 0.25) is 0 Å². The summed E-state index contributed by atoms with van der Waals surface area (Å²) in [6.45, 7) is 1.73. The van der Waals surface area contributed by atoms with Gasteiger partial charge in [-0.25, -0.2) is 0 Å². The van der Waals surface area contributed by atoms with E-state index in [9.17, 15) is 5.11 Å². The van der Waals surface area contributed by atoms with Gasteiger partial charge < -0.3 is 9.84 Å². The Hall–Kier alpha value is -1.87. The van der Waals surface area contributed by atoms with Gasteiger partial charge in [-0.1, -0.05) is 18.2 Å². The zero-order valence-corrected chi connectivity index (χ0v) is 9.92. The van der Waals surface area contributed by atoms with Gasteiger partial charge in [0.1, 0.15) is 11.4 Å². The number of hydrogen-bond acceptors (Lipinski definition) is 3. The number of methoxy groups -OCH3 is 1. The first-order valence-electron chi connectivity index (χ1n) is 5.43. The molecule has 17 heavy (non-hydrogen) atoms. The van der Waals surface area contributed by atoms with Crippen LogP contribution in [-0.4, -0.2) is 17.2 Å². The van der Waals surface area contributed by atoms with Crippen LogP contribution < -0.4 is 4.74 Å². The first-order chi connectivity index (χ1) is 8.14. The van der Waals surface area contributed by atoms with Gasteiger partial charge in [0, 0.05) is 6.20 Å². The third-order valence-electron chi connectivity index (χ3n) is 2.80.